The zero-order valence-corrected chi connectivity index (χ0v) is 30.1. The third-order valence-electron chi connectivity index (χ3n) is 9.87. The minimum Gasteiger partial charge on any atom is -0.458 e. The SMILES string of the molecule is CC(=O)OC1CCN(C(c2ccccc2)(c2ccccc2)c2ccccc2)C/C1=C/CO[Si](c1ccccc1)(c1ccccc1)C(C)(C)C. The van der Waals surface area contributed by atoms with Gasteiger partial charge in [0.2, 0.25) is 0 Å². The number of rotatable bonds is 10. The molecule has 1 aliphatic heterocycles. The second kappa shape index (κ2) is 14.9. The van der Waals surface area contributed by atoms with Crippen LogP contribution in [0, 0.1) is 0 Å². The molecule has 0 aromatic heterocycles. The molecule has 0 aliphatic carbocycles. The van der Waals surface area contributed by atoms with E-state index in [1.807, 2.05) is 0 Å². The number of likely N-dealkylation sites (tertiary alicyclic amines) is 1. The maximum absolute atomic E-state index is 12.4. The van der Waals surface area contributed by atoms with Gasteiger partial charge in [0.05, 0.1) is 12.1 Å². The van der Waals surface area contributed by atoms with Crippen LogP contribution in [0.15, 0.2) is 163 Å². The molecular weight excluding hydrogens is 619 g/mol. The minimum absolute atomic E-state index is 0.148. The fraction of sp³-hybridized carbons (Fsp3) is 0.250. The molecule has 5 aromatic rings. The lowest BCUT2D eigenvalue weighted by Crippen LogP contribution is -2.66. The summed E-state index contributed by atoms with van der Waals surface area (Å²) in [5, 5.41) is 2.33. The zero-order valence-electron chi connectivity index (χ0n) is 29.1. The topological polar surface area (TPSA) is 38.8 Å². The summed E-state index contributed by atoms with van der Waals surface area (Å²) in [6.45, 7) is 10.2. The average Bonchev–Trinajstić information content (AvgIpc) is 3.13. The fourth-order valence-corrected chi connectivity index (χ4v) is 12.3. The number of esters is 1. The van der Waals surface area contributed by atoms with Crippen molar-refractivity contribution in [1.29, 1.82) is 0 Å². The average molecular weight is 666 g/mol. The standard InChI is InChI=1S/C44H47NO3Si/c1-35(46)48-42-30-32-45(44(37-20-10-5-11-21-37,38-22-12-6-13-23-38)39-24-14-7-15-25-39)34-36(42)31-33-47-49(43(2,3)4,40-26-16-8-17-27-40)41-28-18-9-19-29-41/h5-29,31,42H,30,32-34H2,1-4H3/b36-31-. The van der Waals surface area contributed by atoms with Crippen molar-refractivity contribution < 1.29 is 14.0 Å². The molecule has 0 bridgehead atoms. The first-order chi connectivity index (χ1) is 23.8. The summed E-state index contributed by atoms with van der Waals surface area (Å²) >= 11 is 0. The van der Waals surface area contributed by atoms with Crippen LogP contribution in [0.5, 0.6) is 0 Å². The first kappa shape index (κ1) is 34.3. The number of hydrogen-bond donors (Lipinski definition) is 0. The highest BCUT2D eigenvalue weighted by Gasteiger charge is 2.50. The van der Waals surface area contributed by atoms with Crippen molar-refractivity contribution in [3.8, 4) is 0 Å². The van der Waals surface area contributed by atoms with Crippen molar-refractivity contribution in [3.05, 3.63) is 180 Å². The molecule has 1 fully saturated rings. The molecule has 1 aliphatic rings. The van der Waals surface area contributed by atoms with Crippen molar-refractivity contribution in [2.75, 3.05) is 19.7 Å². The van der Waals surface area contributed by atoms with E-state index in [9.17, 15) is 4.79 Å². The Balaban J connectivity index is 1.45. The zero-order chi connectivity index (χ0) is 34.3. The van der Waals surface area contributed by atoms with Crippen molar-refractivity contribution in [2.24, 2.45) is 0 Å². The van der Waals surface area contributed by atoms with Crippen LogP contribution < -0.4 is 10.4 Å². The van der Waals surface area contributed by atoms with Gasteiger partial charge in [0, 0.05) is 26.4 Å². The first-order valence-corrected chi connectivity index (χ1v) is 19.2. The van der Waals surface area contributed by atoms with E-state index in [0.717, 1.165) is 12.1 Å². The largest absolute Gasteiger partial charge is 0.458 e. The lowest BCUT2D eigenvalue weighted by atomic mass is 9.74. The number of carbonyl (C=O) groups is 1. The summed E-state index contributed by atoms with van der Waals surface area (Å²) in [5.74, 6) is -0.266. The van der Waals surface area contributed by atoms with Crippen LogP contribution in [-0.4, -0.2) is 45.0 Å². The number of piperidine rings is 1. The lowest BCUT2D eigenvalue weighted by molar-refractivity contribution is -0.146. The Morgan fingerprint density at radius 1 is 0.694 bits per heavy atom. The van der Waals surface area contributed by atoms with Gasteiger partial charge in [-0.2, -0.15) is 0 Å². The van der Waals surface area contributed by atoms with Crippen LogP contribution in [0.3, 0.4) is 0 Å². The molecule has 0 saturated carbocycles. The Morgan fingerprint density at radius 2 is 1.10 bits per heavy atom. The van der Waals surface area contributed by atoms with Gasteiger partial charge >= 0.3 is 5.97 Å². The predicted octanol–water partition coefficient (Wildman–Crippen LogP) is 8.12. The molecule has 0 amide bonds. The quantitative estimate of drug-likeness (QED) is 0.0654. The fourth-order valence-electron chi connectivity index (χ4n) is 7.80. The van der Waals surface area contributed by atoms with Crippen molar-refractivity contribution in [1.82, 2.24) is 4.90 Å². The molecule has 0 spiro atoms. The van der Waals surface area contributed by atoms with Crippen LogP contribution in [-0.2, 0) is 19.5 Å². The lowest BCUT2D eigenvalue weighted by Gasteiger charge is -2.49. The van der Waals surface area contributed by atoms with Gasteiger partial charge in [-0.3, -0.25) is 9.69 Å². The third-order valence-corrected chi connectivity index (χ3v) is 14.9. The minimum atomic E-state index is -2.77. The molecule has 6 rings (SSSR count). The molecule has 4 nitrogen and oxygen atoms in total. The summed E-state index contributed by atoms with van der Waals surface area (Å²) in [7, 11) is -2.77. The van der Waals surface area contributed by atoms with Gasteiger partial charge in [0.25, 0.3) is 8.32 Å². The van der Waals surface area contributed by atoms with Crippen molar-refractivity contribution in [3.63, 3.8) is 0 Å². The Bertz CT molecular complexity index is 1690. The van der Waals surface area contributed by atoms with E-state index >= 15 is 0 Å². The van der Waals surface area contributed by atoms with Crippen LogP contribution in [0.1, 0.15) is 50.8 Å². The van der Waals surface area contributed by atoms with Crippen LogP contribution in [0.25, 0.3) is 0 Å². The Morgan fingerprint density at radius 3 is 1.49 bits per heavy atom. The molecule has 1 atom stereocenters. The van der Waals surface area contributed by atoms with Gasteiger partial charge < -0.3 is 9.16 Å². The summed E-state index contributed by atoms with van der Waals surface area (Å²) in [6.07, 6.45) is 2.56. The van der Waals surface area contributed by atoms with Crippen molar-refractivity contribution in [2.45, 2.75) is 50.8 Å². The van der Waals surface area contributed by atoms with Gasteiger partial charge in [-0.25, -0.2) is 0 Å². The molecule has 1 saturated heterocycles. The number of hydrogen-bond acceptors (Lipinski definition) is 4. The summed E-state index contributed by atoms with van der Waals surface area (Å²) in [4.78, 5) is 15.0. The van der Waals surface area contributed by atoms with E-state index < -0.39 is 13.9 Å². The van der Waals surface area contributed by atoms with Gasteiger partial charge in [0.1, 0.15) is 6.10 Å². The maximum Gasteiger partial charge on any atom is 0.303 e. The molecule has 5 heteroatoms. The molecule has 0 radical (unpaired) electrons. The number of nitrogens with zero attached hydrogens (tertiary/aromatic N) is 1. The predicted molar refractivity (Wildman–Crippen MR) is 203 cm³/mol. The van der Waals surface area contributed by atoms with Crippen LogP contribution >= 0.6 is 0 Å². The molecule has 250 valence electrons. The Hall–Kier alpha value is -4.55. The van der Waals surface area contributed by atoms with Gasteiger partial charge in [-0.1, -0.05) is 179 Å². The Kier molecular flexibility index (Phi) is 10.4. The summed E-state index contributed by atoms with van der Waals surface area (Å²) < 4.78 is 13.3. The summed E-state index contributed by atoms with van der Waals surface area (Å²) in [6, 6.07) is 53.8. The number of benzene rings is 5. The van der Waals surface area contributed by atoms with Crippen molar-refractivity contribution >= 4 is 24.7 Å². The third kappa shape index (κ3) is 6.84. The molecule has 5 aromatic carbocycles. The second-order valence-corrected chi connectivity index (χ2v) is 18.2. The maximum atomic E-state index is 12.4. The van der Waals surface area contributed by atoms with Gasteiger partial charge in [-0.15, -0.1) is 0 Å². The highest BCUT2D eigenvalue weighted by Crippen LogP contribution is 2.44. The first-order valence-electron chi connectivity index (χ1n) is 17.3. The number of ether oxygens (including phenoxy) is 1. The van der Waals surface area contributed by atoms with E-state index in [4.69, 9.17) is 9.16 Å². The molecule has 1 heterocycles. The van der Waals surface area contributed by atoms with Crippen LogP contribution in [0.4, 0.5) is 0 Å². The number of carbonyl (C=O) groups excluding carboxylic acids is 1. The Labute approximate surface area is 293 Å². The van der Waals surface area contributed by atoms with E-state index in [1.165, 1.54) is 34.0 Å². The normalized spacial score (nSPS) is 16.7. The smallest absolute Gasteiger partial charge is 0.303 e. The highest BCUT2D eigenvalue weighted by atomic mass is 28.4. The molecule has 0 N–H and O–H groups in total. The molecular formula is C44H47NO3Si. The second-order valence-electron chi connectivity index (χ2n) is 13.9. The molecule has 49 heavy (non-hydrogen) atoms. The highest BCUT2D eigenvalue weighted by molar-refractivity contribution is 6.99. The molecule has 1 unspecified atom stereocenters. The van der Waals surface area contributed by atoms with E-state index in [-0.39, 0.29) is 17.1 Å². The van der Waals surface area contributed by atoms with E-state index in [0.29, 0.717) is 19.6 Å². The van der Waals surface area contributed by atoms with Crippen LogP contribution in [0.2, 0.25) is 5.04 Å². The summed E-state index contributed by atoms with van der Waals surface area (Å²) in [5.41, 5.74) is 4.08. The van der Waals surface area contributed by atoms with E-state index in [2.05, 4.69) is 183 Å². The monoisotopic (exact) mass is 665 g/mol. The van der Waals surface area contributed by atoms with Gasteiger partial charge in [-0.05, 0) is 37.7 Å². The van der Waals surface area contributed by atoms with E-state index in [1.54, 1.807) is 0 Å². The van der Waals surface area contributed by atoms with Gasteiger partial charge in [0.15, 0.2) is 0 Å².